The summed E-state index contributed by atoms with van der Waals surface area (Å²) in [6.07, 6.45) is -6.12. The van der Waals surface area contributed by atoms with Crippen molar-refractivity contribution in [2.45, 2.75) is 37.6 Å². The summed E-state index contributed by atoms with van der Waals surface area (Å²) in [4.78, 5) is 10.9. The molecular weight excluding hydrogens is 292 g/mol. The fraction of sp³-hybridized carbons (Fsp3) is 0.500. The van der Waals surface area contributed by atoms with Crippen LogP contribution in [0.4, 0.5) is 11.4 Å². The highest BCUT2D eigenvalue weighted by Gasteiger charge is 2.43. The Bertz CT molecular complexity index is 507. The molecule has 5 atom stereocenters. The Balaban J connectivity index is 2.04. The molecule has 0 spiro atoms. The number of anilines is 2. The first-order valence-electron chi connectivity index (χ1n) is 6.87. The fourth-order valence-corrected chi connectivity index (χ4v) is 2.24. The molecule has 8 heteroatoms. The molecule has 1 fully saturated rings. The van der Waals surface area contributed by atoms with E-state index in [2.05, 4.69) is 10.6 Å². The second-order valence-electron chi connectivity index (χ2n) is 5.15. The molecule has 1 aliphatic heterocycles. The number of hydrogen-bond acceptors (Lipinski definition) is 7. The quantitative estimate of drug-likeness (QED) is 0.414. The van der Waals surface area contributed by atoms with Crippen molar-refractivity contribution in [3.05, 3.63) is 24.3 Å². The van der Waals surface area contributed by atoms with Crippen LogP contribution in [0, 0.1) is 0 Å². The van der Waals surface area contributed by atoms with E-state index < -0.39 is 37.3 Å². The van der Waals surface area contributed by atoms with Gasteiger partial charge in [0, 0.05) is 18.3 Å². The molecule has 1 saturated heterocycles. The molecule has 1 heterocycles. The first-order valence-corrected chi connectivity index (χ1v) is 6.87. The molecule has 22 heavy (non-hydrogen) atoms. The summed E-state index contributed by atoms with van der Waals surface area (Å²) in [5.74, 6) is -0.186. The zero-order chi connectivity index (χ0) is 16.3. The molecule has 6 N–H and O–H groups in total. The Morgan fingerprint density at radius 2 is 1.68 bits per heavy atom. The van der Waals surface area contributed by atoms with Crippen molar-refractivity contribution in [3.8, 4) is 0 Å². The Kier molecular flexibility index (Phi) is 5.33. The van der Waals surface area contributed by atoms with E-state index in [-0.39, 0.29) is 5.91 Å². The van der Waals surface area contributed by atoms with Crippen LogP contribution in [0.1, 0.15) is 6.92 Å². The van der Waals surface area contributed by atoms with E-state index in [1.807, 2.05) is 0 Å². The first-order chi connectivity index (χ1) is 10.4. The minimum atomic E-state index is -1.43. The predicted octanol–water partition coefficient (Wildman–Crippen LogP) is -1.14. The predicted molar refractivity (Wildman–Crippen MR) is 78.1 cm³/mol. The number of aliphatic hydroxyl groups excluding tert-OH is 4. The molecule has 0 aromatic heterocycles. The van der Waals surface area contributed by atoms with E-state index in [0.29, 0.717) is 11.4 Å². The van der Waals surface area contributed by atoms with Crippen molar-refractivity contribution in [2.75, 3.05) is 17.2 Å². The molecule has 0 aliphatic carbocycles. The fourth-order valence-electron chi connectivity index (χ4n) is 2.24. The molecule has 1 aromatic rings. The van der Waals surface area contributed by atoms with Gasteiger partial charge in [-0.05, 0) is 24.3 Å². The highest BCUT2D eigenvalue weighted by atomic mass is 16.6. The van der Waals surface area contributed by atoms with Gasteiger partial charge in [-0.2, -0.15) is 0 Å². The van der Waals surface area contributed by atoms with Crippen LogP contribution in [0.25, 0.3) is 0 Å². The topological polar surface area (TPSA) is 131 Å². The van der Waals surface area contributed by atoms with E-state index in [4.69, 9.17) is 9.84 Å². The van der Waals surface area contributed by atoms with Crippen LogP contribution < -0.4 is 10.6 Å². The van der Waals surface area contributed by atoms with Gasteiger partial charge in [0.15, 0.2) is 6.23 Å². The average molecular weight is 312 g/mol. The van der Waals surface area contributed by atoms with Gasteiger partial charge in [0.1, 0.15) is 24.4 Å². The number of rotatable bonds is 4. The molecule has 1 amide bonds. The SMILES string of the molecule is CC(=O)Nc1ccc(N[C@@H]2O[C@H](CO)[C@H](O)[C@H](O)[C@H]2O)cc1. The van der Waals surface area contributed by atoms with Crippen molar-refractivity contribution < 1.29 is 30.0 Å². The third-order valence-corrected chi connectivity index (χ3v) is 3.41. The summed E-state index contributed by atoms with van der Waals surface area (Å²) in [7, 11) is 0. The van der Waals surface area contributed by atoms with Gasteiger partial charge in [-0.3, -0.25) is 4.79 Å². The average Bonchev–Trinajstić information content (AvgIpc) is 2.49. The molecule has 0 radical (unpaired) electrons. The van der Waals surface area contributed by atoms with Crippen molar-refractivity contribution in [3.63, 3.8) is 0 Å². The molecule has 0 bridgehead atoms. The van der Waals surface area contributed by atoms with Crippen LogP contribution in [0.15, 0.2) is 24.3 Å². The van der Waals surface area contributed by atoms with Crippen molar-refractivity contribution >= 4 is 17.3 Å². The van der Waals surface area contributed by atoms with Crippen LogP contribution in [0.3, 0.4) is 0 Å². The molecule has 8 nitrogen and oxygen atoms in total. The van der Waals surface area contributed by atoms with Crippen LogP contribution in [0.2, 0.25) is 0 Å². The van der Waals surface area contributed by atoms with Gasteiger partial charge in [-0.15, -0.1) is 0 Å². The lowest BCUT2D eigenvalue weighted by Crippen LogP contribution is -2.60. The van der Waals surface area contributed by atoms with Gasteiger partial charge in [-0.1, -0.05) is 0 Å². The molecular formula is C14H20N2O6. The van der Waals surface area contributed by atoms with Crippen LogP contribution in [-0.2, 0) is 9.53 Å². The molecule has 2 rings (SSSR count). The van der Waals surface area contributed by atoms with E-state index >= 15 is 0 Å². The minimum absolute atomic E-state index is 0.186. The maximum atomic E-state index is 10.9. The number of ether oxygens (including phenoxy) is 1. The lowest BCUT2D eigenvalue weighted by atomic mass is 9.98. The van der Waals surface area contributed by atoms with Crippen LogP contribution in [0.5, 0.6) is 0 Å². The van der Waals surface area contributed by atoms with Crippen LogP contribution >= 0.6 is 0 Å². The smallest absolute Gasteiger partial charge is 0.221 e. The van der Waals surface area contributed by atoms with Crippen molar-refractivity contribution in [2.24, 2.45) is 0 Å². The van der Waals surface area contributed by atoms with Crippen LogP contribution in [-0.4, -0.2) is 63.6 Å². The number of amides is 1. The number of aliphatic hydroxyl groups is 4. The summed E-state index contributed by atoms with van der Waals surface area (Å²) >= 11 is 0. The number of benzene rings is 1. The van der Waals surface area contributed by atoms with E-state index in [1.165, 1.54) is 6.92 Å². The zero-order valence-corrected chi connectivity index (χ0v) is 12.0. The van der Waals surface area contributed by atoms with Crippen molar-refractivity contribution in [1.82, 2.24) is 0 Å². The van der Waals surface area contributed by atoms with Gasteiger partial charge >= 0.3 is 0 Å². The summed E-state index contributed by atoms with van der Waals surface area (Å²) in [6.45, 7) is 0.921. The van der Waals surface area contributed by atoms with Gasteiger partial charge in [-0.25, -0.2) is 0 Å². The molecule has 1 aliphatic rings. The third-order valence-electron chi connectivity index (χ3n) is 3.41. The highest BCUT2D eigenvalue weighted by molar-refractivity contribution is 5.88. The number of carbonyl (C=O) groups excluding carboxylic acids is 1. The van der Waals surface area contributed by atoms with E-state index in [9.17, 15) is 20.1 Å². The number of carbonyl (C=O) groups is 1. The molecule has 0 saturated carbocycles. The van der Waals surface area contributed by atoms with Gasteiger partial charge in [0.05, 0.1) is 6.61 Å². The molecule has 1 aromatic carbocycles. The number of nitrogens with one attached hydrogen (secondary N) is 2. The van der Waals surface area contributed by atoms with Gasteiger partial charge in [0.25, 0.3) is 0 Å². The lowest BCUT2D eigenvalue weighted by Gasteiger charge is -2.40. The van der Waals surface area contributed by atoms with E-state index in [1.54, 1.807) is 24.3 Å². The first kappa shape index (κ1) is 16.7. The van der Waals surface area contributed by atoms with Gasteiger partial charge < -0.3 is 35.8 Å². The Labute approximate surface area is 127 Å². The summed E-state index contributed by atoms with van der Waals surface area (Å²) in [6, 6.07) is 6.64. The summed E-state index contributed by atoms with van der Waals surface area (Å²) in [5, 5.41) is 43.9. The standard InChI is InChI=1S/C14H20N2O6/c1-7(18)15-8-2-4-9(5-3-8)16-14-13(21)12(20)11(19)10(6-17)22-14/h2-5,10-14,16-17,19-21H,6H2,1H3,(H,15,18)/t10-,11+,12+,13-,14-/m1/s1. The third kappa shape index (κ3) is 3.73. The Morgan fingerprint density at radius 3 is 2.23 bits per heavy atom. The second-order valence-corrected chi connectivity index (χ2v) is 5.15. The Hall–Kier alpha value is -1.71. The largest absolute Gasteiger partial charge is 0.394 e. The van der Waals surface area contributed by atoms with Crippen molar-refractivity contribution in [1.29, 1.82) is 0 Å². The maximum absolute atomic E-state index is 10.9. The van der Waals surface area contributed by atoms with Gasteiger partial charge in [0.2, 0.25) is 5.91 Å². The second kappa shape index (κ2) is 7.03. The Morgan fingerprint density at radius 1 is 1.09 bits per heavy atom. The molecule has 0 unspecified atom stereocenters. The minimum Gasteiger partial charge on any atom is -0.394 e. The molecule has 122 valence electrons. The monoisotopic (exact) mass is 312 g/mol. The zero-order valence-electron chi connectivity index (χ0n) is 12.0. The number of hydrogen-bond donors (Lipinski definition) is 6. The highest BCUT2D eigenvalue weighted by Crippen LogP contribution is 2.23. The lowest BCUT2D eigenvalue weighted by molar-refractivity contribution is -0.221. The summed E-state index contributed by atoms with van der Waals surface area (Å²) < 4.78 is 5.34. The summed E-state index contributed by atoms with van der Waals surface area (Å²) in [5.41, 5.74) is 1.20. The normalized spacial score (nSPS) is 31.6. The van der Waals surface area contributed by atoms with E-state index in [0.717, 1.165) is 0 Å². The maximum Gasteiger partial charge on any atom is 0.221 e.